The van der Waals surface area contributed by atoms with Crippen LogP contribution in [0.1, 0.15) is 61.3 Å². The van der Waals surface area contributed by atoms with Crippen LogP contribution < -0.4 is 0 Å². The first-order valence-electron chi connectivity index (χ1n) is 10.2. The summed E-state index contributed by atoms with van der Waals surface area (Å²) >= 11 is 0. The van der Waals surface area contributed by atoms with Crippen LogP contribution in [-0.4, -0.2) is 72.1 Å². The first-order chi connectivity index (χ1) is 11.0. The lowest BCUT2D eigenvalue weighted by Gasteiger charge is -2.37. The summed E-state index contributed by atoms with van der Waals surface area (Å²) in [7, 11) is 0. The van der Waals surface area contributed by atoms with E-state index < -0.39 is 0 Å². The molecule has 0 aliphatic carbocycles. The summed E-state index contributed by atoms with van der Waals surface area (Å²) in [6, 6.07) is 0.721. The van der Waals surface area contributed by atoms with E-state index in [-0.39, 0.29) is 0 Å². The molecule has 3 fully saturated rings. The fraction of sp³-hybridized carbons (Fsp3) is 1.00. The van der Waals surface area contributed by atoms with E-state index in [9.17, 15) is 0 Å². The van der Waals surface area contributed by atoms with E-state index in [4.69, 9.17) is 0 Å². The van der Waals surface area contributed by atoms with E-state index in [1.165, 1.54) is 58.7 Å². The Morgan fingerprint density at radius 2 is 1.42 bits per heavy atom. The van der Waals surface area contributed by atoms with Crippen molar-refractivity contribution in [3.63, 3.8) is 0 Å². The molecule has 0 amide bonds. The fourth-order valence-corrected chi connectivity index (χ4v) is 5.43. The highest BCUT2D eigenvalue weighted by Gasteiger charge is 2.58. The third-order valence-electron chi connectivity index (χ3n) is 7.53. The first-order valence-corrected chi connectivity index (χ1v) is 10.2. The van der Waals surface area contributed by atoms with Crippen molar-refractivity contribution >= 4 is 0 Å². The molecule has 3 aliphatic heterocycles. The number of nitrogens with zero attached hydrogens (tertiary/aromatic N) is 3. The van der Waals surface area contributed by atoms with Gasteiger partial charge in [-0.1, -0.05) is 13.8 Å². The minimum Gasteiger partial charge on any atom is -0.302 e. The number of hydrogen-bond acceptors (Lipinski definition) is 3. The quantitative estimate of drug-likeness (QED) is 0.781. The van der Waals surface area contributed by atoms with Crippen LogP contribution in [0.2, 0.25) is 0 Å². The summed E-state index contributed by atoms with van der Waals surface area (Å²) in [5, 5.41) is 0. The number of likely N-dealkylation sites (tertiary alicyclic amines) is 3. The van der Waals surface area contributed by atoms with Crippen molar-refractivity contribution in [3.05, 3.63) is 0 Å². The van der Waals surface area contributed by atoms with Crippen molar-refractivity contribution in [2.45, 2.75) is 72.9 Å². The fourth-order valence-electron chi connectivity index (χ4n) is 5.43. The molecule has 3 nitrogen and oxygen atoms in total. The maximum absolute atomic E-state index is 2.82. The predicted octanol–water partition coefficient (Wildman–Crippen LogP) is 3.55. The van der Waals surface area contributed by atoms with Crippen molar-refractivity contribution in [2.24, 2.45) is 16.7 Å². The lowest BCUT2D eigenvalue weighted by molar-refractivity contribution is 0.108. The Morgan fingerprint density at radius 3 is 1.83 bits per heavy atom. The van der Waals surface area contributed by atoms with Gasteiger partial charge < -0.3 is 9.80 Å². The first kappa shape index (κ1) is 18.7. The predicted molar refractivity (Wildman–Crippen MR) is 103 cm³/mol. The standard InChI is InChI=1S/C21H41N3/c1-17(2)23-10-8-18(9-11-23)12-22-13-20(6)15-24(19(3,4)5)16-21(20,7)14-22/h17-18H,8-16H2,1-7H3/t20-,21+. The molecule has 3 heterocycles. The molecule has 0 unspecified atom stereocenters. The molecule has 0 aromatic carbocycles. The molecule has 140 valence electrons. The van der Waals surface area contributed by atoms with Crippen molar-refractivity contribution in [1.29, 1.82) is 0 Å². The minimum atomic E-state index is 0.310. The smallest absolute Gasteiger partial charge is 0.0125 e. The van der Waals surface area contributed by atoms with Gasteiger partial charge in [-0.25, -0.2) is 0 Å². The Balaban J connectivity index is 1.55. The second-order valence-corrected chi connectivity index (χ2v) is 10.9. The number of piperidine rings is 1. The van der Waals surface area contributed by atoms with Crippen molar-refractivity contribution in [3.8, 4) is 0 Å². The van der Waals surface area contributed by atoms with Gasteiger partial charge in [0.1, 0.15) is 0 Å². The zero-order valence-electron chi connectivity index (χ0n) is 17.4. The van der Waals surface area contributed by atoms with Gasteiger partial charge in [0, 0.05) is 55.1 Å². The third-order valence-corrected chi connectivity index (χ3v) is 7.53. The normalized spacial score (nSPS) is 37.5. The number of rotatable bonds is 3. The van der Waals surface area contributed by atoms with E-state index in [1.807, 2.05) is 0 Å². The van der Waals surface area contributed by atoms with Crippen LogP contribution in [-0.2, 0) is 0 Å². The lowest BCUT2D eigenvalue weighted by atomic mass is 9.71. The highest BCUT2D eigenvalue weighted by atomic mass is 15.3. The highest BCUT2D eigenvalue weighted by molar-refractivity contribution is 5.11. The second-order valence-electron chi connectivity index (χ2n) is 10.9. The Kier molecular flexibility index (Phi) is 4.86. The maximum Gasteiger partial charge on any atom is 0.0125 e. The Bertz CT molecular complexity index is 426. The second kappa shape index (κ2) is 6.25. The van der Waals surface area contributed by atoms with Gasteiger partial charge >= 0.3 is 0 Å². The Morgan fingerprint density at radius 1 is 0.917 bits per heavy atom. The van der Waals surface area contributed by atoms with E-state index in [0.29, 0.717) is 16.4 Å². The summed E-state index contributed by atoms with van der Waals surface area (Å²) in [5.74, 6) is 0.921. The molecular weight excluding hydrogens is 294 g/mol. The molecule has 0 aromatic rings. The van der Waals surface area contributed by atoms with E-state index >= 15 is 0 Å². The van der Waals surface area contributed by atoms with Gasteiger partial charge in [0.2, 0.25) is 0 Å². The zero-order valence-corrected chi connectivity index (χ0v) is 17.4. The molecular formula is C21H41N3. The molecule has 3 saturated heterocycles. The van der Waals surface area contributed by atoms with Crippen molar-refractivity contribution < 1.29 is 0 Å². The van der Waals surface area contributed by atoms with E-state index in [0.717, 1.165) is 12.0 Å². The molecule has 24 heavy (non-hydrogen) atoms. The average Bonchev–Trinajstić information content (AvgIpc) is 2.83. The molecule has 3 aliphatic rings. The molecule has 0 radical (unpaired) electrons. The molecule has 2 atom stereocenters. The van der Waals surface area contributed by atoms with Crippen molar-refractivity contribution in [2.75, 3.05) is 45.8 Å². The van der Waals surface area contributed by atoms with Crippen LogP contribution in [0.4, 0.5) is 0 Å². The monoisotopic (exact) mass is 335 g/mol. The summed E-state index contributed by atoms with van der Waals surface area (Å²) < 4.78 is 0. The average molecular weight is 336 g/mol. The SMILES string of the molecule is CC(C)N1CCC(CN2C[C@@]3(C)CN(C(C)(C)C)C[C@@]3(C)C2)CC1. The molecule has 0 aromatic heterocycles. The lowest BCUT2D eigenvalue weighted by Crippen LogP contribution is -2.44. The van der Waals surface area contributed by atoms with Crippen LogP contribution in [0.25, 0.3) is 0 Å². The van der Waals surface area contributed by atoms with Gasteiger partial charge in [-0.2, -0.15) is 0 Å². The van der Waals surface area contributed by atoms with Crippen LogP contribution in [0.3, 0.4) is 0 Å². The van der Waals surface area contributed by atoms with Crippen molar-refractivity contribution in [1.82, 2.24) is 14.7 Å². The third kappa shape index (κ3) is 3.41. The summed E-state index contributed by atoms with van der Waals surface area (Å²) in [5.41, 5.74) is 1.25. The van der Waals surface area contributed by atoms with Gasteiger partial charge in [0.15, 0.2) is 0 Å². The molecule has 0 saturated carbocycles. The Hall–Kier alpha value is -0.120. The van der Waals surface area contributed by atoms with Gasteiger partial charge in [-0.15, -0.1) is 0 Å². The topological polar surface area (TPSA) is 9.72 Å². The van der Waals surface area contributed by atoms with Crippen LogP contribution in [0.5, 0.6) is 0 Å². The van der Waals surface area contributed by atoms with E-state index in [2.05, 4.69) is 63.2 Å². The van der Waals surface area contributed by atoms with Gasteiger partial charge in [0.05, 0.1) is 0 Å². The summed E-state index contributed by atoms with van der Waals surface area (Å²) in [6.07, 6.45) is 2.80. The Labute approximate surface area is 150 Å². The molecule has 3 rings (SSSR count). The highest BCUT2D eigenvalue weighted by Crippen LogP contribution is 2.53. The van der Waals surface area contributed by atoms with Gasteiger partial charge in [0.25, 0.3) is 0 Å². The van der Waals surface area contributed by atoms with Crippen LogP contribution >= 0.6 is 0 Å². The van der Waals surface area contributed by atoms with Gasteiger partial charge in [-0.05, 0) is 66.5 Å². The molecule has 0 spiro atoms. The largest absolute Gasteiger partial charge is 0.302 e. The number of fused-ring (bicyclic) bond motifs is 1. The minimum absolute atomic E-state index is 0.310. The van der Waals surface area contributed by atoms with Gasteiger partial charge in [-0.3, -0.25) is 4.90 Å². The summed E-state index contributed by atoms with van der Waals surface area (Å²) in [6.45, 7) is 26.0. The molecule has 3 heteroatoms. The summed E-state index contributed by atoms with van der Waals surface area (Å²) in [4.78, 5) is 8.19. The zero-order chi connectivity index (χ0) is 17.8. The maximum atomic E-state index is 2.82. The van der Waals surface area contributed by atoms with Crippen LogP contribution in [0.15, 0.2) is 0 Å². The van der Waals surface area contributed by atoms with E-state index in [1.54, 1.807) is 0 Å². The number of hydrogen-bond donors (Lipinski definition) is 0. The molecule has 0 N–H and O–H groups in total. The van der Waals surface area contributed by atoms with Crippen LogP contribution in [0, 0.1) is 16.7 Å². The molecule has 0 bridgehead atoms.